The zero-order valence-corrected chi connectivity index (χ0v) is 31.5. The summed E-state index contributed by atoms with van der Waals surface area (Å²) in [6.45, 7) is 3.44. The summed E-state index contributed by atoms with van der Waals surface area (Å²) in [5.41, 5.74) is 3.84. The van der Waals surface area contributed by atoms with E-state index in [2.05, 4.69) is 10.6 Å². The molecule has 4 aromatic rings. The van der Waals surface area contributed by atoms with Crippen LogP contribution in [0, 0.1) is 0 Å². The molecule has 1 fully saturated rings. The molecule has 1 saturated heterocycles. The maximum atomic E-state index is 12.1. The minimum atomic E-state index is -0.768. The fourth-order valence-electron chi connectivity index (χ4n) is 5.64. The number of carbonyl (C=O) groups is 2. The summed E-state index contributed by atoms with van der Waals surface area (Å²) in [6, 6.07) is 38.7. The van der Waals surface area contributed by atoms with Crippen molar-refractivity contribution in [1.82, 2.24) is 10.6 Å². The lowest BCUT2D eigenvalue weighted by atomic mass is 10.1. The van der Waals surface area contributed by atoms with E-state index in [9.17, 15) is 9.59 Å². The van der Waals surface area contributed by atoms with Crippen molar-refractivity contribution in [3.05, 3.63) is 144 Å². The van der Waals surface area contributed by atoms with Crippen LogP contribution in [0.3, 0.4) is 0 Å². The minimum absolute atomic E-state index is 0.192. The van der Waals surface area contributed by atoms with Gasteiger partial charge in [-0.1, -0.05) is 121 Å². The van der Waals surface area contributed by atoms with Crippen LogP contribution in [0.2, 0.25) is 0 Å². The summed E-state index contributed by atoms with van der Waals surface area (Å²) >= 11 is 0. The van der Waals surface area contributed by atoms with E-state index in [0.717, 1.165) is 22.3 Å². The Morgan fingerprint density at radius 2 is 0.911 bits per heavy atom. The van der Waals surface area contributed by atoms with Crippen LogP contribution in [0.5, 0.6) is 0 Å². The summed E-state index contributed by atoms with van der Waals surface area (Å²) in [4.78, 5) is 24.1. The normalized spacial score (nSPS) is 17.6. The molecule has 1 aliphatic heterocycles. The van der Waals surface area contributed by atoms with Gasteiger partial charge in [-0.05, 0) is 22.3 Å². The highest BCUT2D eigenvalue weighted by Crippen LogP contribution is 2.29. The van der Waals surface area contributed by atoms with Gasteiger partial charge in [-0.25, -0.2) is 9.59 Å². The summed E-state index contributed by atoms with van der Waals surface area (Å²) in [5, 5.41) is 5.37. The van der Waals surface area contributed by atoms with Gasteiger partial charge in [0.1, 0.15) is 31.5 Å². The highest BCUT2D eigenvalue weighted by atomic mass is 16.7. The Labute approximate surface area is 328 Å². The second-order valence-corrected chi connectivity index (χ2v) is 12.7. The van der Waals surface area contributed by atoms with Gasteiger partial charge >= 0.3 is 12.2 Å². The molecule has 300 valence electrons. The van der Waals surface area contributed by atoms with E-state index in [1.54, 1.807) is 0 Å². The second-order valence-electron chi connectivity index (χ2n) is 12.7. The lowest BCUT2D eigenvalue weighted by Crippen LogP contribution is -2.40. The molecule has 0 aromatic heterocycles. The first kappa shape index (κ1) is 42.3. The molecular formula is C43H52N2O11. The topological polar surface area (TPSA) is 141 Å². The molecule has 0 bridgehead atoms. The number of hydrogen-bond acceptors (Lipinski definition) is 11. The predicted molar refractivity (Wildman–Crippen MR) is 206 cm³/mol. The van der Waals surface area contributed by atoms with E-state index in [1.807, 2.05) is 121 Å². The van der Waals surface area contributed by atoms with Gasteiger partial charge < -0.3 is 53.3 Å². The minimum Gasteiger partial charge on any atom is -0.445 e. The Bertz CT molecular complexity index is 1640. The first-order valence-electron chi connectivity index (χ1n) is 18.8. The van der Waals surface area contributed by atoms with Crippen LogP contribution in [0.1, 0.15) is 22.3 Å². The van der Waals surface area contributed by atoms with Crippen molar-refractivity contribution in [3.8, 4) is 0 Å². The van der Waals surface area contributed by atoms with Gasteiger partial charge in [0.15, 0.2) is 6.29 Å². The number of ether oxygens (including phenoxy) is 9. The van der Waals surface area contributed by atoms with E-state index in [0.29, 0.717) is 13.2 Å². The zero-order chi connectivity index (χ0) is 38.9. The summed E-state index contributed by atoms with van der Waals surface area (Å²) in [6.07, 6.45) is -3.43. The number of carbonyl (C=O) groups excluding carboxylic acids is 2. The molecule has 5 rings (SSSR count). The molecule has 0 saturated carbocycles. The molecule has 56 heavy (non-hydrogen) atoms. The van der Waals surface area contributed by atoms with Crippen molar-refractivity contribution < 1.29 is 52.2 Å². The summed E-state index contributed by atoms with van der Waals surface area (Å²) in [5.74, 6) is 0. The number of nitrogens with one attached hydrogen (secondary N) is 2. The van der Waals surface area contributed by atoms with Crippen LogP contribution >= 0.6 is 0 Å². The van der Waals surface area contributed by atoms with Crippen LogP contribution < -0.4 is 10.6 Å². The molecule has 1 aliphatic rings. The fourth-order valence-corrected chi connectivity index (χ4v) is 5.64. The molecule has 2 amide bonds. The monoisotopic (exact) mass is 772 g/mol. The van der Waals surface area contributed by atoms with Crippen LogP contribution in [-0.2, 0) is 69.1 Å². The van der Waals surface area contributed by atoms with E-state index in [-0.39, 0.29) is 72.6 Å². The smallest absolute Gasteiger partial charge is 0.407 e. The van der Waals surface area contributed by atoms with Gasteiger partial charge in [0.2, 0.25) is 0 Å². The van der Waals surface area contributed by atoms with Crippen molar-refractivity contribution in [1.29, 1.82) is 0 Å². The number of hydrogen-bond donors (Lipinski definition) is 2. The van der Waals surface area contributed by atoms with Gasteiger partial charge in [-0.15, -0.1) is 0 Å². The number of rotatable bonds is 25. The summed E-state index contributed by atoms with van der Waals surface area (Å²) in [7, 11) is 0. The Hall–Kier alpha value is -4.86. The highest BCUT2D eigenvalue weighted by Gasteiger charge is 2.47. The zero-order valence-electron chi connectivity index (χ0n) is 31.5. The first-order chi connectivity index (χ1) is 27.6. The van der Waals surface area contributed by atoms with E-state index < -0.39 is 36.8 Å². The standard InChI is InChI=1S/C43H52N2O11/c46-42(54-31-36-17-9-3-10-18-36)44-21-23-48-25-27-51-39-38(33-50-29-34-13-5-1-6-14-34)56-41(40(39)53-30-35-15-7-2-8-16-35)52-28-26-49-24-22-45-43(47)55-32-37-19-11-4-12-20-37/h1-20,38-41H,21-33H2,(H,44,46)(H,45,47)/t38-,39-,40-,41+/m1/s1. The Balaban J connectivity index is 1.07. The third kappa shape index (κ3) is 16.1. The highest BCUT2D eigenvalue weighted by molar-refractivity contribution is 5.67. The molecule has 0 radical (unpaired) electrons. The molecule has 2 N–H and O–H groups in total. The lowest BCUT2D eigenvalue weighted by molar-refractivity contribution is -0.190. The van der Waals surface area contributed by atoms with Crippen molar-refractivity contribution in [2.24, 2.45) is 0 Å². The average Bonchev–Trinajstić information content (AvgIpc) is 3.57. The number of amides is 2. The van der Waals surface area contributed by atoms with Crippen LogP contribution in [0.25, 0.3) is 0 Å². The average molecular weight is 773 g/mol. The molecule has 4 atom stereocenters. The maximum absolute atomic E-state index is 12.1. The van der Waals surface area contributed by atoms with Gasteiger partial charge in [0.05, 0.1) is 59.5 Å². The SMILES string of the molecule is O=C(NCCOCCO[C@H]1O[C@H](COCc2ccccc2)[C@@H](OCCOCCNC(=O)OCc2ccccc2)[C@H]1OCc1ccccc1)OCc1ccccc1. The predicted octanol–water partition coefficient (Wildman–Crippen LogP) is 5.80. The lowest BCUT2D eigenvalue weighted by Gasteiger charge is -2.25. The molecular weight excluding hydrogens is 720 g/mol. The van der Waals surface area contributed by atoms with Crippen molar-refractivity contribution >= 4 is 12.2 Å². The van der Waals surface area contributed by atoms with Crippen LogP contribution in [0.4, 0.5) is 9.59 Å². The van der Waals surface area contributed by atoms with Crippen LogP contribution in [-0.4, -0.2) is 96.1 Å². The van der Waals surface area contributed by atoms with Gasteiger partial charge in [-0.3, -0.25) is 0 Å². The van der Waals surface area contributed by atoms with Crippen LogP contribution in [0.15, 0.2) is 121 Å². The van der Waals surface area contributed by atoms with E-state index in [4.69, 9.17) is 42.6 Å². The Kier molecular flexibility index (Phi) is 19.1. The third-order valence-electron chi connectivity index (χ3n) is 8.45. The van der Waals surface area contributed by atoms with Gasteiger partial charge in [0.25, 0.3) is 0 Å². The van der Waals surface area contributed by atoms with E-state index in [1.165, 1.54) is 0 Å². The van der Waals surface area contributed by atoms with Gasteiger partial charge in [-0.2, -0.15) is 0 Å². The molecule has 13 nitrogen and oxygen atoms in total. The van der Waals surface area contributed by atoms with Crippen molar-refractivity contribution in [2.75, 3.05) is 59.3 Å². The number of alkyl carbamates (subject to hydrolysis) is 2. The molecule has 0 spiro atoms. The molecule has 0 unspecified atom stereocenters. The molecule has 1 heterocycles. The van der Waals surface area contributed by atoms with Crippen molar-refractivity contribution in [2.45, 2.75) is 51.0 Å². The summed E-state index contributed by atoms with van der Waals surface area (Å²) < 4.78 is 53.4. The quantitative estimate of drug-likeness (QED) is 0.0790. The first-order valence-corrected chi connectivity index (χ1v) is 18.8. The number of benzene rings is 4. The molecule has 13 heteroatoms. The van der Waals surface area contributed by atoms with Gasteiger partial charge in [0, 0.05) is 13.1 Å². The van der Waals surface area contributed by atoms with E-state index >= 15 is 0 Å². The second kappa shape index (κ2) is 25.3. The Morgan fingerprint density at radius 3 is 1.41 bits per heavy atom. The fraction of sp³-hybridized carbons (Fsp3) is 0.395. The Morgan fingerprint density at radius 1 is 0.464 bits per heavy atom. The molecule has 4 aromatic carbocycles. The van der Waals surface area contributed by atoms with Crippen molar-refractivity contribution in [3.63, 3.8) is 0 Å². The molecule has 0 aliphatic carbocycles. The maximum Gasteiger partial charge on any atom is 0.407 e. The largest absolute Gasteiger partial charge is 0.445 e. The third-order valence-corrected chi connectivity index (χ3v) is 8.45.